The summed E-state index contributed by atoms with van der Waals surface area (Å²) in [6.45, 7) is 12.9. The molecule has 7 heteroatoms. The topological polar surface area (TPSA) is 65.7 Å². The van der Waals surface area contributed by atoms with Crippen LogP contribution in [0.5, 0.6) is 0 Å². The van der Waals surface area contributed by atoms with Gasteiger partial charge in [0.2, 0.25) is 11.8 Å². The molecule has 2 aliphatic heterocycles. The van der Waals surface area contributed by atoms with Crippen LogP contribution in [0.4, 0.5) is 6.01 Å². The van der Waals surface area contributed by atoms with Gasteiger partial charge in [-0.1, -0.05) is 36.6 Å². The summed E-state index contributed by atoms with van der Waals surface area (Å²) < 4.78 is 5.91. The van der Waals surface area contributed by atoms with Crippen LogP contribution in [0.3, 0.4) is 0 Å². The van der Waals surface area contributed by atoms with Crippen LogP contribution in [0, 0.1) is 18.8 Å². The van der Waals surface area contributed by atoms with Crippen LogP contribution < -0.4 is 4.90 Å². The van der Waals surface area contributed by atoms with Crippen molar-refractivity contribution in [3.63, 3.8) is 0 Å². The van der Waals surface area contributed by atoms with Crippen LogP contribution in [0.15, 0.2) is 28.7 Å². The highest BCUT2D eigenvalue weighted by atomic mass is 16.4. The molecule has 162 valence electrons. The summed E-state index contributed by atoms with van der Waals surface area (Å²) in [4.78, 5) is 19.6. The number of anilines is 1. The Morgan fingerprint density at radius 3 is 2.33 bits per heavy atom. The van der Waals surface area contributed by atoms with Gasteiger partial charge in [0.1, 0.15) is 0 Å². The highest BCUT2D eigenvalue weighted by Gasteiger charge is 2.31. The molecule has 1 aromatic carbocycles. The summed E-state index contributed by atoms with van der Waals surface area (Å²) in [6.07, 6.45) is 1.68. The van der Waals surface area contributed by atoms with Crippen LogP contribution in [-0.2, 0) is 4.79 Å². The predicted octanol–water partition coefficient (Wildman–Crippen LogP) is 3.06. The zero-order valence-corrected chi connectivity index (χ0v) is 18.4. The SMILES string of the molecule is Cc1ccc(-c2nnc(N3CCC(C(=O)N4CCN(CC(C)C)CC4)CC3)o2)cc1. The van der Waals surface area contributed by atoms with Gasteiger partial charge in [-0.2, -0.15) is 0 Å². The molecule has 0 unspecified atom stereocenters. The molecule has 2 aromatic rings. The van der Waals surface area contributed by atoms with Crippen LogP contribution >= 0.6 is 0 Å². The van der Waals surface area contributed by atoms with Crippen LogP contribution in [-0.4, -0.2) is 71.7 Å². The molecule has 2 saturated heterocycles. The lowest BCUT2D eigenvalue weighted by atomic mass is 9.95. The molecule has 3 heterocycles. The fourth-order valence-electron chi connectivity index (χ4n) is 4.40. The first kappa shape index (κ1) is 20.8. The van der Waals surface area contributed by atoms with Gasteiger partial charge in [0, 0.05) is 57.3 Å². The van der Waals surface area contributed by atoms with E-state index in [0.29, 0.717) is 23.7 Å². The van der Waals surface area contributed by atoms with Crippen molar-refractivity contribution < 1.29 is 9.21 Å². The number of amides is 1. The van der Waals surface area contributed by atoms with E-state index in [1.54, 1.807) is 0 Å². The van der Waals surface area contributed by atoms with Gasteiger partial charge in [-0.25, -0.2) is 0 Å². The van der Waals surface area contributed by atoms with Crippen molar-refractivity contribution in [1.82, 2.24) is 20.0 Å². The number of hydrogen-bond donors (Lipinski definition) is 0. The Hall–Kier alpha value is -2.41. The van der Waals surface area contributed by atoms with E-state index in [9.17, 15) is 4.79 Å². The van der Waals surface area contributed by atoms with E-state index in [4.69, 9.17) is 4.42 Å². The van der Waals surface area contributed by atoms with E-state index in [1.807, 2.05) is 24.3 Å². The van der Waals surface area contributed by atoms with Crippen LogP contribution in [0.25, 0.3) is 11.5 Å². The zero-order valence-electron chi connectivity index (χ0n) is 18.4. The maximum absolute atomic E-state index is 13.0. The third-order valence-electron chi connectivity index (χ3n) is 6.13. The molecule has 0 spiro atoms. The number of benzene rings is 1. The van der Waals surface area contributed by atoms with Crippen molar-refractivity contribution in [3.05, 3.63) is 29.8 Å². The lowest BCUT2D eigenvalue weighted by Crippen LogP contribution is -2.52. The molecule has 7 nitrogen and oxygen atoms in total. The van der Waals surface area contributed by atoms with Crippen molar-refractivity contribution in [2.45, 2.75) is 33.6 Å². The Balaban J connectivity index is 1.28. The molecule has 0 bridgehead atoms. The average molecular weight is 412 g/mol. The first-order valence-corrected chi connectivity index (χ1v) is 11.2. The molecule has 2 fully saturated rings. The standard InChI is InChI=1S/C23H33N5O2/c1-17(2)16-26-12-14-27(15-13-26)22(29)20-8-10-28(11-9-20)23-25-24-21(30-23)19-6-4-18(3)5-7-19/h4-7,17,20H,8-16H2,1-3H3. The van der Waals surface area contributed by atoms with E-state index in [-0.39, 0.29) is 5.92 Å². The minimum Gasteiger partial charge on any atom is -0.403 e. The Morgan fingerprint density at radius 1 is 1.03 bits per heavy atom. The third-order valence-corrected chi connectivity index (χ3v) is 6.13. The summed E-state index contributed by atoms with van der Waals surface area (Å²) in [7, 11) is 0. The Bertz CT molecular complexity index is 832. The maximum Gasteiger partial charge on any atom is 0.318 e. The average Bonchev–Trinajstić information content (AvgIpc) is 3.24. The van der Waals surface area contributed by atoms with Crippen molar-refractivity contribution in [2.24, 2.45) is 11.8 Å². The summed E-state index contributed by atoms with van der Waals surface area (Å²) in [5.41, 5.74) is 2.13. The van der Waals surface area contributed by atoms with Gasteiger partial charge >= 0.3 is 6.01 Å². The minimum atomic E-state index is 0.109. The lowest BCUT2D eigenvalue weighted by Gasteiger charge is -2.38. The number of nitrogens with zero attached hydrogens (tertiary/aromatic N) is 5. The zero-order chi connectivity index (χ0) is 21.1. The molecule has 1 aromatic heterocycles. The number of piperazine rings is 1. The molecule has 0 aliphatic carbocycles. The van der Waals surface area contributed by atoms with Crippen LogP contribution in [0.1, 0.15) is 32.3 Å². The van der Waals surface area contributed by atoms with Crippen molar-refractivity contribution in [3.8, 4) is 11.5 Å². The molecule has 0 N–H and O–H groups in total. The van der Waals surface area contributed by atoms with Crippen molar-refractivity contribution in [1.29, 1.82) is 0 Å². The molecule has 4 rings (SSSR count). The molecule has 0 atom stereocenters. The number of aromatic nitrogens is 2. The number of piperidine rings is 1. The number of rotatable bonds is 5. The van der Waals surface area contributed by atoms with Gasteiger partial charge < -0.3 is 14.2 Å². The van der Waals surface area contributed by atoms with E-state index in [2.05, 4.69) is 45.7 Å². The van der Waals surface area contributed by atoms with E-state index in [1.165, 1.54) is 5.56 Å². The minimum absolute atomic E-state index is 0.109. The molecule has 30 heavy (non-hydrogen) atoms. The van der Waals surface area contributed by atoms with Gasteiger partial charge in [0.25, 0.3) is 0 Å². The van der Waals surface area contributed by atoms with Gasteiger partial charge in [0.05, 0.1) is 0 Å². The normalized spacial score (nSPS) is 18.9. The third kappa shape index (κ3) is 4.83. The smallest absolute Gasteiger partial charge is 0.318 e. The van der Waals surface area contributed by atoms with Crippen LogP contribution in [0.2, 0.25) is 0 Å². The second-order valence-electron chi connectivity index (χ2n) is 9.04. The summed E-state index contributed by atoms with van der Waals surface area (Å²) in [5, 5.41) is 8.45. The molecule has 0 radical (unpaired) electrons. The summed E-state index contributed by atoms with van der Waals surface area (Å²) >= 11 is 0. The fraction of sp³-hybridized carbons (Fsp3) is 0.609. The molecular formula is C23H33N5O2. The number of carbonyl (C=O) groups excluding carboxylic acids is 1. The van der Waals surface area contributed by atoms with Gasteiger partial charge in [-0.3, -0.25) is 9.69 Å². The van der Waals surface area contributed by atoms with E-state index < -0.39 is 0 Å². The van der Waals surface area contributed by atoms with E-state index >= 15 is 0 Å². The number of aryl methyl sites for hydroxylation is 1. The molecular weight excluding hydrogens is 378 g/mol. The molecule has 1 amide bonds. The highest BCUT2D eigenvalue weighted by molar-refractivity contribution is 5.79. The predicted molar refractivity (Wildman–Crippen MR) is 117 cm³/mol. The molecule has 2 aliphatic rings. The highest BCUT2D eigenvalue weighted by Crippen LogP contribution is 2.27. The van der Waals surface area contributed by atoms with Gasteiger partial charge in [-0.15, -0.1) is 5.10 Å². The Morgan fingerprint density at radius 2 is 1.70 bits per heavy atom. The Kier molecular flexibility index (Phi) is 6.37. The summed E-state index contributed by atoms with van der Waals surface area (Å²) in [6, 6.07) is 8.63. The quantitative estimate of drug-likeness (QED) is 0.753. The van der Waals surface area contributed by atoms with Gasteiger partial charge in [-0.05, 0) is 37.8 Å². The Labute approximate surface area is 179 Å². The maximum atomic E-state index is 13.0. The van der Waals surface area contributed by atoms with Crippen molar-refractivity contribution >= 4 is 11.9 Å². The second kappa shape index (κ2) is 9.16. The van der Waals surface area contributed by atoms with E-state index in [0.717, 1.165) is 64.2 Å². The largest absolute Gasteiger partial charge is 0.403 e. The first-order chi connectivity index (χ1) is 14.5. The van der Waals surface area contributed by atoms with Crippen molar-refractivity contribution in [2.75, 3.05) is 50.7 Å². The lowest BCUT2D eigenvalue weighted by molar-refractivity contribution is -0.138. The number of carbonyl (C=O) groups is 1. The first-order valence-electron chi connectivity index (χ1n) is 11.2. The molecule has 0 saturated carbocycles. The summed E-state index contributed by atoms with van der Waals surface area (Å²) in [5.74, 6) is 1.65. The number of hydrogen-bond acceptors (Lipinski definition) is 6. The fourth-order valence-corrected chi connectivity index (χ4v) is 4.40. The monoisotopic (exact) mass is 411 g/mol. The van der Waals surface area contributed by atoms with Gasteiger partial charge in [0.15, 0.2) is 0 Å². The second-order valence-corrected chi connectivity index (χ2v) is 9.04.